The lowest BCUT2D eigenvalue weighted by Gasteiger charge is -2.26. The minimum Gasteiger partial charge on any atom is -0.496 e. The van der Waals surface area contributed by atoms with Crippen LogP contribution >= 0.6 is 0 Å². The quantitative estimate of drug-likeness (QED) is 0.857. The fourth-order valence-corrected chi connectivity index (χ4v) is 3.10. The summed E-state index contributed by atoms with van der Waals surface area (Å²) in [5.41, 5.74) is 0.268. The van der Waals surface area contributed by atoms with Crippen LogP contribution in [0.3, 0.4) is 0 Å². The van der Waals surface area contributed by atoms with Crippen LogP contribution in [-0.4, -0.2) is 67.3 Å². The SMILES string of the molecule is COc1ccccc1CCC(=O)N1CC[C@](O)(CN(C)C)C1. The monoisotopic (exact) mass is 306 g/mol. The van der Waals surface area contributed by atoms with Gasteiger partial charge in [-0.3, -0.25) is 4.79 Å². The molecule has 1 fully saturated rings. The molecule has 1 aromatic rings. The maximum absolute atomic E-state index is 12.4. The molecule has 1 N–H and O–H groups in total. The van der Waals surface area contributed by atoms with E-state index in [0.717, 1.165) is 11.3 Å². The summed E-state index contributed by atoms with van der Waals surface area (Å²) in [4.78, 5) is 16.1. The first kappa shape index (κ1) is 16.8. The molecule has 0 spiro atoms. The van der Waals surface area contributed by atoms with Gasteiger partial charge in [0.1, 0.15) is 5.75 Å². The number of amides is 1. The van der Waals surface area contributed by atoms with Gasteiger partial charge in [0.2, 0.25) is 5.91 Å². The molecule has 0 aliphatic carbocycles. The van der Waals surface area contributed by atoms with E-state index >= 15 is 0 Å². The van der Waals surface area contributed by atoms with Gasteiger partial charge in [0.05, 0.1) is 19.3 Å². The van der Waals surface area contributed by atoms with E-state index in [2.05, 4.69) is 0 Å². The number of benzene rings is 1. The van der Waals surface area contributed by atoms with Crippen LogP contribution in [0.5, 0.6) is 5.75 Å². The first-order valence-corrected chi connectivity index (χ1v) is 7.70. The number of carbonyl (C=O) groups excluding carboxylic acids is 1. The van der Waals surface area contributed by atoms with E-state index < -0.39 is 5.60 Å². The Kier molecular flexibility index (Phi) is 5.42. The molecule has 0 saturated carbocycles. The number of aryl methyl sites for hydroxylation is 1. The van der Waals surface area contributed by atoms with Crippen LogP contribution in [0.4, 0.5) is 0 Å². The van der Waals surface area contributed by atoms with Crippen molar-refractivity contribution in [1.29, 1.82) is 0 Å². The molecule has 5 nitrogen and oxygen atoms in total. The summed E-state index contributed by atoms with van der Waals surface area (Å²) in [6, 6.07) is 7.77. The van der Waals surface area contributed by atoms with Gasteiger partial charge in [-0.1, -0.05) is 18.2 Å². The topological polar surface area (TPSA) is 53.0 Å². The average molecular weight is 306 g/mol. The molecule has 1 aliphatic rings. The van der Waals surface area contributed by atoms with E-state index in [1.165, 1.54) is 0 Å². The molecule has 1 heterocycles. The number of para-hydroxylation sites is 1. The number of methoxy groups -OCH3 is 1. The van der Waals surface area contributed by atoms with Crippen LogP contribution in [0.15, 0.2) is 24.3 Å². The molecule has 0 unspecified atom stereocenters. The molecule has 122 valence electrons. The molecule has 1 amide bonds. The van der Waals surface area contributed by atoms with Gasteiger partial charge in [-0.05, 0) is 38.6 Å². The molecule has 0 bridgehead atoms. The van der Waals surface area contributed by atoms with Crippen LogP contribution < -0.4 is 4.74 Å². The molecule has 1 aliphatic heterocycles. The second-order valence-electron chi connectivity index (χ2n) is 6.34. The zero-order valence-corrected chi connectivity index (χ0v) is 13.7. The smallest absolute Gasteiger partial charge is 0.223 e. The largest absolute Gasteiger partial charge is 0.496 e. The Morgan fingerprint density at radius 2 is 2.14 bits per heavy atom. The van der Waals surface area contributed by atoms with E-state index in [0.29, 0.717) is 38.9 Å². The highest BCUT2D eigenvalue weighted by Crippen LogP contribution is 2.24. The average Bonchev–Trinajstić information content (AvgIpc) is 2.86. The number of carbonyl (C=O) groups is 1. The van der Waals surface area contributed by atoms with Gasteiger partial charge >= 0.3 is 0 Å². The Morgan fingerprint density at radius 3 is 2.82 bits per heavy atom. The number of β-amino-alcohol motifs (C(OH)–C–C–N with tert-alkyl or cyclic N) is 1. The summed E-state index contributed by atoms with van der Waals surface area (Å²) in [6.45, 7) is 1.65. The standard InChI is InChI=1S/C17H26N2O3/c1-18(2)12-17(21)10-11-19(13-17)16(20)9-8-14-6-4-5-7-15(14)22-3/h4-7,21H,8-13H2,1-3H3/t17-/m0/s1. The third-order valence-corrected chi connectivity index (χ3v) is 4.10. The molecule has 1 saturated heterocycles. The molecule has 2 rings (SSSR count). The minimum atomic E-state index is -0.774. The molecule has 1 atom stereocenters. The molecular weight excluding hydrogens is 280 g/mol. The van der Waals surface area contributed by atoms with Gasteiger partial charge in [0.15, 0.2) is 0 Å². The normalized spacial score (nSPS) is 21.4. The van der Waals surface area contributed by atoms with E-state index in [-0.39, 0.29) is 5.91 Å². The van der Waals surface area contributed by atoms with Crippen molar-refractivity contribution in [2.24, 2.45) is 0 Å². The first-order valence-electron chi connectivity index (χ1n) is 7.70. The Bertz CT molecular complexity index is 518. The zero-order chi connectivity index (χ0) is 16.2. The van der Waals surface area contributed by atoms with Crippen molar-refractivity contribution in [2.75, 3.05) is 40.8 Å². The second-order valence-corrected chi connectivity index (χ2v) is 6.34. The van der Waals surface area contributed by atoms with Gasteiger partial charge in [-0.25, -0.2) is 0 Å². The number of likely N-dealkylation sites (N-methyl/N-ethyl adjacent to an activating group) is 1. The summed E-state index contributed by atoms with van der Waals surface area (Å²) in [5, 5.41) is 10.5. The Morgan fingerprint density at radius 1 is 1.41 bits per heavy atom. The van der Waals surface area contributed by atoms with Crippen molar-refractivity contribution in [3.8, 4) is 5.75 Å². The number of hydrogen-bond acceptors (Lipinski definition) is 4. The van der Waals surface area contributed by atoms with Crippen molar-refractivity contribution in [1.82, 2.24) is 9.80 Å². The van der Waals surface area contributed by atoms with Crippen LogP contribution in [0.2, 0.25) is 0 Å². The molecule has 1 aromatic carbocycles. The van der Waals surface area contributed by atoms with E-state index in [9.17, 15) is 9.90 Å². The number of rotatable bonds is 6. The molecule has 0 aromatic heterocycles. The maximum Gasteiger partial charge on any atom is 0.223 e. The second kappa shape index (κ2) is 7.11. The Hall–Kier alpha value is -1.59. The summed E-state index contributed by atoms with van der Waals surface area (Å²) in [6.07, 6.45) is 1.75. The van der Waals surface area contributed by atoms with Crippen LogP contribution in [-0.2, 0) is 11.2 Å². The first-order chi connectivity index (χ1) is 10.4. The maximum atomic E-state index is 12.4. The molecule has 22 heavy (non-hydrogen) atoms. The summed E-state index contributed by atoms with van der Waals surface area (Å²) in [7, 11) is 5.51. The van der Waals surface area contributed by atoms with Crippen molar-refractivity contribution in [3.63, 3.8) is 0 Å². The third-order valence-electron chi connectivity index (χ3n) is 4.10. The predicted molar refractivity (Wildman–Crippen MR) is 86.0 cm³/mol. The molecule has 5 heteroatoms. The highest BCUT2D eigenvalue weighted by molar-refractivity contribution is 5.77. The number of ether oxygens (including phenoxy) is 1. The fraction of sp³-hybridized carbons (Fsp3) is 0.588. The van der Waals surface area contributed by atoms with Crippen LogP contribution in [0.1, 0.15) is 18.4 Å². The number of likely N-dealkylation sites (tertiary alicyclic amines) is 1. The lowest BCUT2D eigenvalue weighted by atomic mass is 10.0. The van der Waals surface area contributed by atoms with Gasteiger partial charge in [0, 0.05) is 19.5 Å². The van der Waals surface area contributed by atoms with Crippen molar-refractivity contribution in [2.45, 2.75) is 24.9 Å². The Balaban J connectivity index is 1.88. The molecule has 0 radical (unpaired) electrons. The highest BCUT2D eigenvalue weighted by atomic mass is 16.5. The Labute approximate surface area is 132 Å². The summed E-state index contributed by atoms with van der Waals surface area (Å²) < 4.78 is 5.31. The number of aliphatic hydroxyl groups is 1. The summed E-state index contributed by atoms with van der Waals surface area (Å²) in [5.74, 6) is 0.918. The van der Waals surface area contributed by atoms with Gasteiger partial charge < -0.3 is 19.6 Å². The van der Waals surface area contributed by atoms with E-state index in [1.807, 2.05) is 43.3 Å². The summed E-state index contributed by atoms with van der Waals surface area (Å²) >= 11 is 0. The van der Waals surface area contributed by atoms with Crippen LogP contribution in [0, 0.1) is 0 Å². The van der Waals surface area contributed by atoms with Crippen LogP contribution in [0.25, 0.3) is 0 Å². The van der Waals surface area contributed by atoms with Gasteiger partial charge in [0.25, 0.3) is 0 Å². The van der Waals surface area contributed by atoms with E-state index in [4.69, 9.17) is 4.74 Å². The van der Waals surface area contributed by atoms with E-state index in [1.54, 1.807) is 12.0 Å². The van der Waals surface area contributed by atoms with Crippen molar-refractivity contribution in [3.05, 3.63) is 29.8 Å². The third kappa shape index (κ3) is 4.21. The highest BCUT2D eigenvalue weighted by Gasteiger charge is 2.38. The lowest BCUT2D eigenvalue weighted by molar-refractivity contribution is -0.131. The van der Waals surface area contributed by atoms with Crippen molar-refractivity contribution < 1.29 is 14.6 Å². The van der Waals surface area contributed by atoms with Gasteiger partial charge in [-0.15, -0.1) is 0 Å². The number of nitrogens with zero attached hydrogens (tertiary/aromatic N) is 2. The fourth-order valence-electron chi connectivity index (χ4n) is 3.10. The predicted octanol–water partition coefficient (Wildman–Crippen LogP) is 1.15. The lowest BCUT2D eigenvalue weighted by Crippen LogP contribution is -2.43. The van der Waals surface area contributed by atoms with Gasteiger partial charge in [-0.2, -0.15) is 0 Å². The zero-order valence-electron chi connectivity index (χ0n) is 13.7. The molecular formula is C17H26N2O3. The minimum absolute atomic E-state index is 0.0978. The number of hydrogen-bond donors (Lipinski definition) is 1. The van der Waals surface area contributed by atoms with Crippen molar-refractivity contribution >= 4 is 5.91 Å².